The van der Waals surface area contributed by atoms with Crippen LogP contribution < -0.4 is 16.4 Å². The van der Waals surface area contributed by atoms with Crippen molar-refractivity contribution in [1.82, 2.24) is 10.2 Å². The number of alkyl carbamates (subject to hydrolysis) is 1. The van der Waals surface area contributed by atoms with Gasteiger partial charge < -0.3 is 26.0 Å². The monoisotopic (exact) mass is 582 g/mol. The number of rotatable bonds is 12. The van der Waals surface area contributed by atoms with E-state index in [2.05, 4.69) is 16.6 Å². The van der Waals surface area contributed by atoms with Gasteiger partial charge in [0.25, 0.3) is 5.91 Å². The van der Waals surface area contributed by atoms with Gasteiger partial charge in [-0.25, -0.2) is 4.79 Å². The van der Waals surface area contributed by atoms with Gasteiger partial charge in [0.2, 0.25) is 11.8 Å². The molecule has 2 aromatic carbocycles. The molecule has 0 aliphatic heterocycles. The number of aryl methyl sites for hydroxylation is 1. The standard InChI is InChI=1S/C31H39ClN4O5/c1-7-9-19-36(29(39)24(17-18-25(33)37)34-30(40)41-31(4,5)6)27(22-15-13-21(8-2)14-16-22)28(38)35-26-20(3)11-10-12-23(26)32/h2,10-16,24,27H,7,9,17-19H2,1,3-6H3,(H2,33,37)(H,34,40)(H,35,38). The van der Waals surface area contributed by atoms with Crippen molar-refractivity contribution in [1.29, 1.82) is 0 Å². The van der Waals surface area contributed by atoms with Gasteiger partial charge in [0.15, 0.2) is 0 Å². The third-order valence-corrected chi connectivity index (χ3v) is 6.44. The van der Waals surface area contributed by atoms with E-state index in [0.717, 1.165) is 12.0 Å². The molecule has 2 unspecified atom stereocenters. The number of nitrogens with two attached hydrogens (primary N) is 1. The van der Waals surface area contributed by atoms with Crippen LogP contribution in [0.4, 0.5) is 10.5 Å². The number of anilines is 1. The zero-order valence-electron chi connectivity index (χ0n) is 24.3. The maximum Gasteiger partial charge on any atom is 0.408 e. The molecule has 9 nitrogen and oxygen atoms in total. The first-order chi connectivity index (χ1) is 19.3. The molecule has 4 N–H and O–H groups in total. The number of para-hydroxylation sites is 1. The molecule has 0 saturated carbocycles. The van der Waals surface area contributed by atoms with Crippen molar-refractivity contribution in [2.45, 2.75) is 78.0 Å². The predicted molar refractivity (Wildman–Crippen MR) is 160 cm³/mol. The van der Waals surface area contributed by atoms with Crippen LogP contribution in [0.2, 0.25) is 5.02 Å². The summed E-state index contributed by atoms with van der Waals surface area (Å²) >= 11 is 6.40. The largest absolute Gasteiger partial charge is 0.444 e. The predicted octanol–water partition coefficient (Wildman–Crippen LogP) is 5.10. The van der Waals surface area contributed by atoms with E-state index in [1.54, 1.807) is 57.2 Å². The lowest BCUT2D eigenvalue weighted by atomic mass is 9.99. The molecule has 4 amide bonds. The van der Waals surface area contributed by atoms with Crippen molar-refractivity contribution in [3.05, 3.63) is 64.2 Å². The number of benzene rings is 2. The van der Waals surface area contributed by atoms with E-state index >= 15 is 0 Å². The van der Waals surface area contributed by atoms with Crippen molar-refractivity contribution >= 4 is 41.1 Å². The number of hydrogen-bond donors (Lipinski definition) is 3. The summed E-state index contributed by atoms with van der Waals surface area (Å²) in [5.41, 5.74) is 6.81. The van der Waals surface area contributed by atoms with E-state index in [1.807, 2.05) is 19.9 Å². The lowest BCUT2D eigenvalue weighted by Crippen LogP contribution is -2.52. The van der Waals surface area contributed by atoms with Crippen LogP contribution in [0.25, 0.3) is 0 Å². The summed E-state index contributed by atoms with van der Waals surface area (Å²) in [5.74, 6) is 0.832. The van der Waals surface area contributed by atoms with Crippen LogP contribution in [0.5, 0.6) is 0 Å². The number of hydrogen-bond acceptors (Lipinski definition) is 5. The van der Waals surface area contributed by atoms with Gasteiger partial charge >= 0.3 is 6.09 Å². The summed E-state index contributed by atoms with van der Waals surface area (Å²) < 4.78 is 5.36. The number of nitrogens with zero attached hydrogens (tertiary/aromatic N) is 1. The van der Waals surface area contributed by atoms with Gasteiger partial charge in [-0.2, -0.15) is 0 Å². The van der Waals surface area contributed by atoms with E-state index < -0.39 is 41.5 Å². The van der Waals surface area contributed by atoms with Gasteiger partial charge in [0.05, 0.1) is 10.7 Å². The average molecular weight is 583 g/mol. The van der Waals surface area contributed by atoms with Crippen molar-refractivity contribution in [3.8, 4) is 12.3 Å². The Morgan fingerprint density at radius 1 is 1.12 bits per heavy atom. The zero-order chi connectivity index (χ0) is 30.7. The van der Waals surface area contributed by atoms with Crippen LogP contribution in [0, 0.1) is 19.3 Å². The first-order valence-corrected chi connectivity index (χ1v) is 13.9. The van der Waals surface area contributed by atoms with Crippen LogP contribution in [0.1, 0.15) is 76.1 Å². The lowest BCUT2D eigenvalue weighted by molar-refractivity contribution is -0.141. The molecule has 220 valence electrons. The second kappa shape index (κ2) is 15.1. The van der Waals surface area contributed by atoms with Crippen LogP contribution in [0.15, 0.2) is 42.5 Å². The van der Waals surface area contributed by atoms with E-state index in [0.29, 0.717) is 28.3 Å². The van der Waals surface area contributed by atoms with E-state index in [1.165, 1.54) is 4.90 Å². The highest BCUT2D eigenvalue weighted by Crippen LogP contribution is 2.30. The number of primary amides is 1. The zero-order valence-corrected chi connectivity index (χ0v) is 25.0. The van der Waals surface area contributed by atoms with Gasteiger partial charge in [0.1, 0.15) is 17.7 Å². The minimum Gasteiger partial charge on any atom is -0.444 e. The highest BCUT2D eigenvalue weighted by atomic mass is 35.5. The first-order valence-electron chi connectivity index (χ1n) is 13.5. The maximum atomic E-state index is 14.2. The van der Waals surface area contributed by atoms with Gasteiger partial charge in [-0.05, 0) is 69.9 Å². The van der Waals surface area contributed by atoms with Crippen LogP contribution in [0.3, 0.4) is 0 Å². The van der Waals surface area contributed by atoms with Crippen molar-refractivity contribution in [2.75, 3.05) is 11.9 Å². The fraction of sp³-hybridized carbons (Fsp3) is 0.419. The number of halogens is 1. The molecular formula is C31H39ClN4O5. The Hall–Kier alpha value is -4.03. The van der Waals surface area contributed by atoms with E-state index in [4.69, 9.17) is 28.5 Å². The SMILES string of the molecule is C#Cc1ccc(C(C(=O)Nc2c(C)cccc2Cl)N(CCCC)C(=O)C(CCC(N)=O)NC(=O)OC(C)(C)C)cc1. The fourth-order valence-electron chi connectivity index (χ4n) is 4.11. The topological polar surface area (TPSA) is 131 Å². The Labute approximate surface area is 247 Å². The van der Waals surface area contributed by atoms with E-state index in [-0.39, 0.29) is 19.4 Å². The van der Waals surface area contributed by atoms with Crippen LogP contribution >= 0.6 is 11.6 Å². The fourth-order valence-corrected chi connectivity index (χ4v) is 4.37. The van der Waals surface area contributed by atoms with Gasteiger partial charge in [-0.3, -0.25) is 14.4 Å². The molecule has 0 radical (unpaired) electrons. The Morgan fingerprint density at radius 3 is 2.32 bits per heavy atom. The second-order valence-electron chi connectivity index (χ2n) is 10.7. The molecule has 0 aliphatic carbocycles. The van der Waals surface area contributed by atoms with E-state index in [9.17, 15) is 19.2 Å². The molecule has 0 saturated heterocycles. The minimum atomic E-state index is -1.18. The number of amides is 4. The Kier molecular flexibility index (Phi) is 12.2. The molecule has 2 aromatic rings. The third kappa shape index (κ3) is 10.1. The number of carbonyl (C=O) groups excluding carboxylic acids is 4. The first kappa shape index (κ1) is 33.2. The summed E-state index contributed by atoms with van der Waals surface area (Å²) in [4.78, 5) is 53.9. The van der Waals surface area contributed by atoms with Gasteiger partial charge in [-0.15, -0.1) is 6.42 Å². The number of unbranched alkanes of at least 4 members (excludes halogenated alkanes) is 1. The normalized spacial score (nSPS) is 12.4. The molecule has 0 bridgehead atoms. The number of carbonyl (C=O) groups is 4. The number of ether oxygens (including phenoxy) is 1. The summed E-state index contributed by atoms with van der Waals surface area (Å²) in [7, 11) is 0. The highest BCUT2D eigenvalue weighted by molar-refractivity contribution is 6.34. The molecule has 41 heavy (non-hydrogen) atoms. The molecule has 2 rings (SSSR count). The van der Waals surface area contributed by atoms with Crippen LogP contribution in [-0.2, 0) is 19.1 Å². The molecular weight excluding hydrogens is 544 g/mol. The Morgan fingerprint density at radius 2 is 1.78 bits per heavy atom. The molecule has 10 heteroatoms. The lowest BCUT2D eigenvalue weighted by Gasteiger charge is -2.34. The molecule has 0 heterocycles. The molecule has 0 fully saturated rings. The van der Waals surface area contributed by atoms with Crippen molar-refractivity contribution < 1.29 is 23.9 Å². The number of terminal acetylenes is 1. The van der Waals surface area contributed by atoms with Gasteiger partial charge in [0, 0.05) is 18.5 Å². The highest BCUT2D eigenvalue weighted by Gasteiger charge is 2.36. The van der Waals surface area contributed by atoms with Crippen molar-refractivity contribution in [2.24, 2.45) is 5.73 Å². The second-order valence-corrected chi connectivity index (χ2v) is 11.1. The molecule has 0 spiro atoms. The average Bonchev–Trinajstić information content (AvgIpc) is 2.89. The van der Waals surface area contributed by atoms with Crippen molar-refractivity contribution in [3.63, 3.8) is 0 Å². The Bertz CT molecular complexity index is 1260. The summed E-state index contributed by atoms with van der Waals surface area (Å²) in [6.07, 6.45) is 5.75. The molecule has 0 aliphatic rings. The molecule has 2 atom stereocenters. The minimum absolute atomic E-state index is 0.0793. The third-order valence-electron chi connectivity index (χ3n) is 6.13. The summed E-state index contributed by atoms with van der Waals surface area (Å²) in [6, 6.07) is 9.67. The molecule has 0 aromatic heterocycles. The van der Waals surface area contributed by atoms with Crippen LogP contribution in [-0.4, -0.2) is 46.9 Å². The maximum absolute atomic E-state index is 14.2. The number of nitrogens with one attached hydrogen (secondary N) is 2. The quantitative estimate of drug-likeness (QED) is 0.300. The smallest absolute Gasteiger partial charge is 0.408 e. The summed E-state index contributed by atoms with van der Waals surface area (Å²) in [6.45, 7) is 9.03. The summed E-state index contributed by atoms with van der Waals surface area (Å²) in [5, 5.41) is 5.81. The Balaban J connectivity index is 2.59. The van der Waals surface area contributed by atoms with Gasteiger partial charge in [-0.1, -0.05) is 55.1 Å².